The maximum atomic E-state index is 12.2. The van der Waals surface area contributed by atoms with Crippen LogP contribution in [-0.2, 0) is 16.6 Å². The highest BCUT2D eigenvalue weighted by Crippen LogP contribution is 2.25. The Hall–Kier alpha value is -1.85. The third-order valence-corrected chi connectivity index (χ3v) is 4.76. The van der Waals surface area contributed by atoms with Gasteiger partial charge in [0.2, 0.25) is 10.0 Å². The molecule has 0 aliphatic rings. The van der Waals surface area contributed by atoms with Gasteiger partial charge in [0.15, 0.2) is 0 Å². The Morgan fingerprint density at radius 2 is 2.08 bits per heavy atom. The SMILES string of the molecule is CCS(=O)(=O)NCCN(C)Cc1nc2ccc(OC(F)(F)F)cc2[nH]1. The zero-order chi connectivity index (χ0) is 18.7. The molecule has 25 heavy (non-hydrogen) atoms. The average Bonchev–Trinajstić information content (AvgIpc) is 2.86. The summed E-state index contributed by atoms with van der Waals surface area (Å²) in [6.45, 7) is 2.66. The van der Waals surface area contributed by atoms with E-state index in [9.17, 15) is 21.6 Å². The highest BCUT2D eigenvalue weighted by molar-refractivity contribution is 7.89. The number of ether oxygens (including phenoxy) is 1. The van der Waals surface area contributed by atoms with E-state index in [1.807, 2.05) is 4.90 Å². The van der Waals surface area contributed by atoms with Gasteiger partial charge in [-0.2, -0.15) is 0 Å². The molecule has 2 aromatic rings. The summed E-state index contributed by atoms with van der Waals surface area (Å²) in [5.41, 5.74) is 0.946. The van der Waals surface area contributed by atoms with Crippen LogP contribution in [0.2, 0.25) is 0 Å². The minimum absolute atomic E-state index is 0.0165. The number of sulfonamides is 1. The molecule has 0 aliphatic heterocycles. The number of hydrogen-bond donors (Lipinski definition) is 2. The van der Waals surface area contributed by atoms with E-state index in [1.54, 1.807) is 14.0 Å². The van der Waals surface area contributed by atoms with Crippen LogP contribution in [0.1, 0.15) is 12.7 Å². The second-order valence-corrected chi connectivity index (χ2v) is 7.54. The second-order valence-electron chi connectivity index (χ2n) is 5.45. The molecule has 140 valence electrons. The smallest absolute Gasteiger partial charge is 0.406 e. The Bertz CT molecular complexity index is 820. The van der Waals surface area contributed by atoms with E-state index >= 15 is 0 Å². The van der Waals surface area contributed by atoms with Crippen LogP contribution in [0.25, 0.3) is 11.0 Å². The van der Waals surface area contributed by atoms with Gasteiger partial charge in [-0.25, -0.2) is 18.1 Å². The lowest BCUT2D eigenvalue weighted by Gasteiger charge is -2.15. The molecule has 0 unspecified atom stereocenters. The summed E-state index contributed by atoms with van der Waals surface area (Å²) in [6, 6.07) is 3.87. The summed E-state index contributed by atoms with van der Waals surface area (Å²) < 4.78 is 65.8. The molecule has 2 N–H and O–H groups in total. The number of H-pyrrole nitrogens is 1. The normalized spacial score (nSPS) is 12.9. The lowest BCUT2D eigenvalue weighted by Crippen LogP contribution is -2.33. The van der Waals surface area contributed by atoms with Crippen LogP contribution in [0.3, 0.4) is 0 Å². The Morgan fingerprint density at radius 1 is 1.36 bits per heavy atom. The van der Waals surface area contributed by atoms with Gasteiger partial charge in [-0.3, -0.25) is 4.90 Å². The van der Waals surface area contributed by atoms with Gasteiger partial charge in [-0.15, -0.1) is 13.2 Å². The summed E-state index contributed by atoms with van der Waals surface area (Å²) in [4.78, 5) is 9.06. The monoisotopic (exact) mass is 380 g/mol. The minimum atomic E-state index is -4.75. The molecule has 0 radical (unpaired) electrons. The molecule has 1 aromatic carbocycles. The topological polar surface area (TPSA) is 87.3 Å². The first-order chi connectivity index (χ1) is 11.6. The van der Waals surface area contributed by atoms with Crippen molar-refractivity contribution in [3.63, 3.8) is 0 Å². The largest absolute Gasteiger partial charge is 0.573 e. The van der Waals surface area contributed by atoms with Crippen molar-refractivity contribution in [2.45, 2.75) is 19.8 Å². The second kappa shape index (κ2) is 7.58. The molecule has 0 spiro atoms. The van der Waals surface area contributed by atoms with Gasteiger partial charge in [0.25, 0.3) is 0 Å². The Morgan fingerprint density at radius 3 is 2.72 bits per heavy atom. The number of nitrogens with one attached hydrogen (secondary N) is 2. The number of aromatic amines is 1. The van der Waals surface area contributed by atoms with Crippen LogP contribution in [-0.4, -0.2) is 55.5 Å². The van der Waals surface area contributed by atoms with Crippen LogP contribution in [0.5, 0.6) is 5.75 Å². The fourth-order valence-electron chi connectivity index (χ4n) is 2.14. The van der Waals surface area contributed by atoms with Crippen molar-refractivity contribution in [1.82, 2.24) is 19.6 Å². The number of aromatic nitrogens is 2. The number of halogens is 3. The van der Waals surface area contributed by atoms with Crippen LogP contribution in [0, 0.1) is 0 Å². The summed E-state index contributed by atoms with van der Waals surface area (Å²) >= 11 is 0. The lowest BCUT2D eigenvalue weighted by atomic mass is 10.3. The van der Waals surface area contributed by atoms with E-state index in [4.69, 9.17) is 0 Å². The van der Waals surface area contributed by atoms with Gasteiger partial charge in [0.1, 0.15) is 11.6 Å². The third-order valence-electron chi connectivity index (χ3n) is 3.35. The van der Waals surface area contributed by atoms with Crippen molar-refractivity contribution >= 4 is 21.1 Å². The Labute approximate surface area is 143 Å². The molecule has 0 fully saturated rings. The number of rotatable bonds is 8. The van der Waals surface area contributed by atoms with Gasteiger partial charge < -0.3 is 9.72 Å². The number of nitrogens with zero attached hydrogens (tertiary/aromatic N) is 2. The molecule has 0 saturated heterocycles. The highest BCUT2D eigenvalue weighted by Gasteiger charge is 2.31. The van der Waals surface area contributed by atoms with E-state index < -0.39 is 16.4 Å². The van der Waals surface area contributed by atoms with Crippen LogP contribution in [0.4, 0.5) is 13.2 Å². The summed E-state index contributed by atoms with van der Waals surface area (Å²) in [5, 5.41) is 0. The third kappa shape index (κ3) is 6.18. The lowest BCUT2D eigenvalue weighted by molar-refractivity contribution is -0.274. The molecular weight excluding hydrogens is 361 g/mol. The zero-order valence-corrected chi connectivity index (χ0v) is 14.5. The molecule has 0 atom stereocenters. The maximum Gasteiger partial charge on any atom is 0.573 e. The van der Waals surface area contributed by atoms with Crippen molar-refractivity contribution < 1.29 is 26.3 Å². The molecule has 0 saturated carbocycles. The first-order valence-corrected chi connectivity index (χ1v) is 9.13. The minimum Gasteiger partial charge on any atom is -0.406 e. The molecule has 1 aromatic heterocycles. The standard InChI is InChI=1S/C14H19F3N4O3S/c1-3-25(22,23)18-6-7-21(2)9-13-19-11-5-4-10(8-12(11)20-13)24-14(15,16)17/h4-5,8,18H,3,6-7,9H2,1-2H3,(H,19,20). The first-order valence-electron chi connectivity index (χ1n) is 7.48. The van der Waals surface area contributed by atoms with Crippen LogP contribution >= 0.6 is 0 Å². The van der Waals surface area contributed by atoms with Crippen molar-refractivity contribution in [3.05, 3.63) is 24.0 Å². The Balaban J connectivity index is 1.97. The number of likely N-dealkylation sites (N-methyl/N-ethyl adjacent to an activating group) is 1. The Kier molecular flexibility index (Phi) is 5.91. The van der Waals surface area contributed by atoms with E-state index in [0.29, 0.717) is 29.9 Å². The van der Waals surface area contributed by atoms with E-state index in [1.165, 1.54) is 18.2 Å². The molecule has 1 heterocycles. The summed E-state index contributed by atoms with van der Waals surface area (Å²) in [7, 11) is -1.45. The molecule has 7 nitrogen and oxygen atoms in total. The molecule has 2 rings (SSSR count). The van der Waals surface area contributed by atoms with Crippen LogP contribution < -0.4 is 9.46 Å². The highest BCUT2D eigenvalue weighted by atomic mass is 32.2. The fraction of sp³-hybridized carbons (Fsp3) is 0.500. The number of fused-ring (bicyclic) bond motifs is 1. The zero-order valence-electron chi connectivity index (χ0n) is 13.7. The maximum absolute atomic E-state index is 12.2. The van der Waals surface area contributed by atoms with Gasteiger partial charge >= 0.3 is 6.36 Å². The average molecular weight is 380 g/mol. The van der Waals surface area contributed by atoms with Gasteiger partial charge in [0, 0.05) is 19.2 Å². The fourth-order valence-corrected chi connectivity index (χ4v) is 2.75. The first kappa shape index (κ1) is 19.5. The van der Waals surface area contributed by atoms with E-state index in [0.717, 1.165) is 0 Å². The van der Waals surface area contributed by atoms with E-state index in [-0.39, 0.29) is 18.0 Å². The predicted octanol–water partition coefficient (Wildman–Crippen LogP) is 1.83. The van der Waals surface area contributed by atoms with Crippen molar-refractivity contribution in [2.24, 2.45) is 0 Å². The van der Waals surface area contributed by atoms with Crippen molar-refractivity contribution in [1.29, 1.82) is 0 Å². The molecule has 11 heteroatoms. The molecule has 0 amide bonds. The molecule has 0 bridgehead atoms. The van der Waals surface area contributed by atoms with E-state index in [2.05, 4.69) is 19.4 Å². The van der Waals surface area contributed by atoms with Gasteiger partial charge in [0.05, 0.1) is 23.3 Å². The molecular formula is C14H19F3N4O3S. The van der Waals surface area contributed by atoms with Crippen LogP contribution in [0.15, 0.2) is 18.2 Å². The molecule has 0 aliphatic carbocycles. The van der Waals surface area contributed by atoms with Gasteiger partial charge in [-0.1, -0.05) is 0 Å². The van der Waals surface area contributed by atoms with Crippen molar-refractivity contribution in [2.75, 3.05) is 25.9 Å². The number of hydrogen-bond acceptors (Lipinski definition) is 5. The van der Waals surface area contributed by atoms with Crippen molar-refractivity contribution in [3.8, 4) is 5.75 Å². The van der Waals surface area contributed by atoms with Gasteiger partial charge in [-0.05, 0) is 26.1 Å². The predicted molar refractivity (Wildman–Crippen MR) is 86.6 cm³/mol. The summed E-state index contributed by atoms with van der Waals surface area (Å²) in [5.74, 6) is 0.250. The summed E-state index contributed by atoms with van der Waals surface area (Å²) in [6.07, 6.45) is -4.75. The number of benzene rings is 1. The quantitative estimate of drug-likeness (QED) is 0.730. The number of imidazole rings is 1. The number of alkyl halides is 3.